The Morgan fingerprint density at radius 3 is 1.27 bits per heavy atom. The first-order valence-electron chi connectivity index (χ1n) is 14.2. The van der Waals surface area contributed by atoms with Crippen molar-refractivity contribution in [2.24, 2.45) is 0 Å². The fourth-order valence-electron chi connectivity index (χ4n) is 5.11. The molecular formula is C32H46N2O6. The molecule has 2 heterocycles. The van der Waals surface area contributed by atoms with Gasteiger partial charge in [-0.1, -0.05) is 60.7 Å². The van der Waals surface area contributed by atoms with Gasteiger partial charge < -0.3 is 19.7 Å². The van der Waals surface area contributed by atoms with Crippen LogP contribution in [0.4, 0.5) is 9.59 Å². The number of piperidine rings is 2. The second kappa shape index (κ2) is 13.5. The Balaban J connectivity index is 0.000000220. The Labute approximate surface area is 238 Å². The summed E-state index contributed by atoms with van der Waals surface area (Å²) >= 11 is 0. The maximum Gasteiger partial charge on any atom is 0.410 e. The van der Waals surface area contributed by atoms with E-state index >= 15 is 0 Å². The van der Waals surface area contributed by atoms with Crippen molar-refractivity contribution in [3.05, 3.63) is 71.8 Å². The fourth-order valence-corrected chi connectivity index (χ4v) is 5.11. The van der Waals surface area contributed by atoms with E-state index in [-0.39, 0.29) is 24.3 Å². The number of aliphatic hydroxyl groups is 2. The lowest BCUT2D eigenvalue weighted by Crippen LogP contribution is -2.47. The van der Waals surface area contributed by atoms with E-state index in [0.717, 1.165) is 24.0 Å². The van der Waals surface area contributed by atoms with Crippen LogP contribution in [0.5, 0.6) is 0 Å². The van der Waals surface area contributed by atoms with E-state index in [1.165, 1.54) is 0 Å². The molecule has 8 heteroatoms. The number of amides is 2. The van der Waals surface area contributed by atoms with E-state index in [1.54, 1.807) is 9.80 Å². The Morgan fingerprint density at radius 1 is 0.650 bits per heavy atom. The number of likely N-dealkylation sites (tertiary alicyclic amines) is 2. The minimum atomic E-state index is -0.543. The molecule has 2 aromatic rings. The summed E-state index contributed by atoms with van der Waals surface area (Å²) in [5.41, 5.74) is 0.845. The van der Waals surface area contributed by atoms with Crippen molar-refractivity contribution in [1.82, 2.24) is 9.80 Å². The van der Waals surface area contributed by atoms with Crippen molar-refractivity contribution in [3.8, 4) is 0 Å². The smallest absolute Gasteiger partial charge is 0.410 e. The van der Waals surface area contributed by atoms with Crippen LogP contribution in [0.1, 0.15) is 90.4 Å². The van der Waals surface area contributed by atoms with Crippen LogP contribution in [0, 0.1) is 0 Å². The molecular weight excluding hydrogens is 508 g/mol. The standard InChI is InChI=1S/2C16H23NO3/c2*1-16(2,3)20-15(19)17-11-7-10-13(18)14(17)12-8-5-4-6-9-12/h2*4-6,8-9,13-14,18H,7,10-11H2,1-3H3/t2*13-,14+/m10/s1. The summed E-state index contributed by atoms with van der Waals surface area (Å²) in [4.78, 5) is 28.0. The van der Waals surface area contributed by atoms with Gasteiger partial charge in [0.25, 0.3) is 0 Å². The van der Waals surface area contributed by atoms with E-state index in [1.807, 2.05) is 102 Å². The van der Waals surface area contributed by atoms with Gasteiger partial charge >= 0.3 is 12.2 Å². The number of hydrogen-bond donors (Lipinski definition) is 2. The molecule has 4 rings (SSSR count). The zero-order valence-electron chi connectivity index (χ0n) is 24.7. The fraction of sp³-hybridized carbons (Fsp3) is 0.562. The molecule has 2 aromatic carbocycles. The summed E-state index contributed by atoms with van der Waals surface area (Å²) in [5, 5.41) is 20.6. The number of ether oxygens (including phenoxy) is 2. The summed E-state index contributed by atoms with van der Waals surface area (Å²) in [6, 6.07) is 18.7. The van der Waals surface area contributed by atoms with Gasteiger partial charge in [0, 0.05) is 13.1 Å². The summed E-state index contributed by atoms with van der Waals surface area (Å²) in [5.74, 6) is 0. The topological polar surface area (TPSA) is 99.5 Å². The van der Waals surface area contributed by atoms with Crippen LogP contribution in [0.3, 0.4) is 0 Å². The third-order valence-electron chi connectivity index (χ3n) is 6.74. The zero-order valence-corrected chi connectivity index (χ0v) is 24.7. The van der Waals surface area contributed by atoms with Gasteiger partial charge in [-0.3, -0.25) is 9.80 Å². The van der Waals surface area contributed by atoms with Crippen LogP contribution in [0.2, 0.25) is 0 Å². The summed E-state index contributed by atoms with van der Waals surface area (Å²) in [7, 11) is 0. The van der Waals surface area contributed by atoms with E-state index in [0.29, 0.717) is 25.9 Å². The van der Waals surface area contributed by atoms with Crippen LogP contribution < -0.4 is 0 Å². The number of rotatable bonds is 2. The van der Waals surface area contributed by atoms with Crippen molar-refractivity contribution in [2.75, 3.05) is 13.1 Å². The normalized spacial score (nSPS) is 23.5. The lowest BCUT2D eigenvalue weighted by molar-refractivity contribution is -0.0241. The van der Waals surface area contributed by atoms with Gasteiger partial charge in [0.2, 0.25) is 0 Å². The van der Waals surface area contributed by atoms with Gasteiger partial charge in [-0.25, -0.2) is 9.59 Å². The molecule has 2 amide bonds. The highest BCUT2D eigenvalue weighted by atomic mass is 16.6. The van der Waals surface area contributed by atoms with Crippen molar-refractivity contribution < 1.29 is 29.3 Å². The molecule has 2 saturated heterocycles. The molecule has 0 radical (unpaired) electrons. The molecule has 2 aliphatic rings. The van der Waals surface area contributed by atoms with Crippen LogP contribution in [-0.4, -0.2) is 68.7 Å². The van der Waals surface area contributed by atoms with Crippen molar-refractivity contribution >= 4 is 12.2 Å². The summed E-state index contributed by atoms with van der Waals surface area (Å²) in [6.07, 6.45) is 1.21. The number of nitrogens with zero attached hydrogens (tertiary/aromatic N) is 2. The van der Waals surface area contributed by atoms with Crippen molar-refractivity contribution in [3.63, 3.8) is 0 Å². The Hall–Kier alpha value is -3.10. The first-order valence-corrected chi connectivity index (χ1v) is 14.2. The third-order valence-corrected chi connectivity index (χ3v) is 6.74. The monoisotopic (exact) mass is 554 g/mol. The maximum absolute atomic E-state index is 12.3. The number of benzene rings is 2. The molecule has 220 valence electrons. The van der Waals surface area contributed by atoms with Crippen molar-refractivity contribution in [1.29, 1.82) is 0 Å². The van der Waals surface area contributed by atoms with Gasteiger partial charge in [-0.2, -0.15) is 0 Å². The second-order valence-electron chi connectivity index (χ2n) is 12.5. The number of carbonyl (C=O) groups is 2. The lowest BCUT2D eigenvalue weighted by atomic mass is 9.93. The molecule has 4 atom stereocenters. The van der Waals surface area contributed by atoms with Gasteiger partial charge in [-0.15, -0.1) is 0 Å². The predicted molar refractivity (Wildman–Crippen MR) is 155 cm³/mol. The first-order chi connectivity index (χ1) is 18.8. The molecule has 0 spiro atoms. The molecule has 0 aliphatic carbocycles. The van der Waals surface area contributed by atoms with Crippen molar-refractivity contribution in [2.45, 2.75) is 103 Å². The average molecular weight is 555 g/mol. The molecule has 0 unspecified atom stereocenters. The van der Waals surface area contributed by atoms with Gasteiger partial charge in [-0.05, 0) is 78.4 Å². The van der Waals surface area contributed by atoms with E-state index < -0.39 is 23.4 Å². The Morgan fingerprint density at radius 2 is 0.975 bits per heavy atom. The minimum Gasteiger partial charge on any atom is -0.444 e. The Bertz CT molecular complexity index is 993. The molecule has 0 saturated carbocycles. The highest BCUT2D eigenvalue weighted by Gasteiger charge is 2.37. The highest BCUT2D eigenvalue weighted by Crippen LogP contribution is 2.33. The predicted octanol–water partition coefficient (Wildman–Crippen LogP) is 6.24. The first kappa shape index (κ1) is 31.4. The molecule has 8 nitrogen and oxygen atoms in total. The molecule has 40 heavy (non-hydrogen) atoms. The second-order valence-corrected chi connectivity index (χ2v) is 12.5. The molecule has 0 bridgehead atoms. The third kappa shape index (κ3) is 8.96. The lowest BCUT2D eigenvalue weighted by Gasteiger charge is -2.39. The minimum absolute atomic E-state index is 0.320. The van der Waals surface area contributed by atoms with Crippen LogP contribution in [-0.2, 0) is 9.47 Å². The molecule has 2 fully saturated rings. The maximum atomic E-state index is 12.3. The van der Waals surface area contributed by atoms with Crippen LogP contribution in [0.15, 0.2) is 60.7 Å². The van der Waals surface area contributed by atoms with Gasteiger partial charge in [0.05, 0.1) is 24.3 Å². The highest BCUT2D eigenvalue weighted by molar-refractivity contribution is 5.69. The largest absolute Gasteiger partial charge is 0.444 e. The number of hydrogen-bond acceptors (Lipinski definition) is 6. The van der Waals surface area contributed by atoms with E-state index in [4.69, 9.17) is 9.47 Å². The zero-order chi connectivity index (χ0) is 29.5. The summed E-state index contributed by atoms with van der Waals surface area (Å²) in [6.45, 7) is 12.3. The Kier molecular flexibility index (Phi) is 10.6. The van der Waals surface area contributed by atoms with Gasteiger partial charge in [0.1, 0.15) is 11.2 Å². The average Bonchev–Trinajstić information content (AvgIpc) is 2.88. The van der Waals surface area contributed by atoms with Crippen LogP contribution in [0.25, 0.3) is 0 Å². The van der Waals surface area contributed by atoms with Gasteiger partial charge in [0.15, 0.2) is 0 Å². The molecule has 0 aromatic heterocycles. The number of aliphatic hydroxyl groups excluding tert-OH is 2. The van der Waals surface area contributed by atoms with Crippen LogP contribution >= 0.6 is 0 Å². The molecule has 2 aliphatic heterocycles. The SMILES string of the molecule is CC(C)(C)OC(=O)N1CCC[C@@H](O)[C@@H]1c1ccccc1.CC(C)(C)OC(=O)N1CCC[C@H](O)[C@H]1c1ccccc1. The van der Waals surface area contributed by atoms with E-state index in [2.05, 4.69) is 0 Å². The van der Waals surface area contributed by atoms with E-state index in [9.17, 15) is 19.8 Å². The quantitative estimate of drug-likeness (QED) is 0.456. The molecule has 2 N–H and O–H groups in total. The summed E-state index contributed by atoms with van der Waals surface area (Å²) < 4.78 is 10.9. The number of carbonyl (C=O) groups excluding carboxylic acids is 2.